The lowest BCUT2D eigenvalue weighted by Crippen LogP contribution is -2.42. The molecule has 2 aromatic rings. The van der Waals surface area contributed by atoms with Crippen molar-refractivity contribution in [2.24, 2.45) is 4.99 Å². The van der Waals surface area contributed by atoms with Crippen molar-refractivity contribution in [1.82, 2.24) is 0 Å². The van der Waals surface area contributed by atoms with Gasteiger partial charge in [-0.15, -0.1) is 0 Å². The third kappa shape index (κ3) is 1.52. The summed E-state index contributed by atoms with van der Waals surface area (Å²) in [5.74, 6) is 3.56. The number of para-hydroxylation sites is 1. The molecule has 126 valence electrons. The van der Waals surface area contributed by atoms with E-state index in [2.05, 4.69) is 42.2 Å². The molecule has 0 aliphatic carbocycles. The van der Waals surface area contributed by atoms with Crippen LogP contribution in [0.15, 0.2) is 41.4 Å². The van der Waals surface area contributed by atoms with Crippen molar-refractivity contribution in [2.45, 2.75) is 18.4 Å². The largest absolute Gasteiger partial charge is 0.491 e. The fourth-order valence-corrected chi connectivity index (χ4v) is 4.64. The zero-order chi connectivity index (χ0) is 16.6. The number of hydrogen-bond donors (Lipinski definition) is 0. The van der Waals surface area contributed by atoms with Crippen LogP contribution in [-0.4, -0.2) is 38.2 Å². The molecule has 5 heteroatoms. The Hall–Kier alpha value is -2.69. The maximum atomic E-state index is 6.16. The third-order valence-corrected chi connectivity index (χ3v) is 5.73. The van der Waals surface area contributed by atoms with Gasteiger partial charge in [-0.25, -0.2) is 0 Å². The Balaban J connectivity index is 1.63. The molecular formula is C20H18N2O3. The highest BCUT2D eigenvalue weighted by atomic mass is 16.6. The van der Waals surface area contributed by atoms with E-state index in [0.717, 1.165) is 35.2 Å². The van der Waals surface area contributed by atoms with Crippen molar-refractivity contribution >= 4 is 11.5 Å². The maximum Gasteiger partial charge on any atom is 0.165 e. The van der Waals surface area contributed by atoms with Crippen LogP contribution in [-0.2, 0) is 5.41 Å². The Labute approximate surface area is 145 Å². The molecule has 2 aromatic carbocycles. The average molecular weight is 334 g/mol. The van der Waals surface area contributed by atoms with E-state index in [4.69, 9.17) is 19.2 Å². The minimum atomic E-state index is -0.341. The van der Waals surface area contributed by atoms with Crippen LogP contribution in [0.2, 0.25) is 0 Å². The van der Waals surface area contributed by atoms with Gasteiger partial charge in [0.15, 0.2) is 11.5 Å². The Morgan fingerprint density at radius 3 is 2.68 bits per heavy atom. The Bertz CT molecular complexity index is 939. The van der Waals surface area contributed by atoms with Gasteiger partial charge in [-0.1, -0.05) is 18.2 Å². The first-order chi connectivity index (χ1) is 12.3. The Morgan fingerprint density at radius 1 is 1.00 bits per heavy atom. The van der Waals surface area contributed by atoms with Crippen molar-refractivity contribution in [3.05, 3.63) is 47.5 Å². The van der Waals surface area contributed by atoms with Crippen LogP contribution in [0.3, 0.4) is 0 Å². The summed E-state index contributed by atoms with van der Waals surface area (Å²) >= 11 is 0. The maximum absolute atomic E-state index is 6.16. The van der Waals surface area contributed by atoms with E-state index in [1.165, 1.54) is 11.3 Å². The first kappa shape index (κ1) is 13.6. The van der Waals surface area contributed by atoms with Crippen molar-refractivity contribution in [2.75, 3.05) is 31.3 Å². The average Bonchev–Trinajstić information content (AvgIpc) is 3.29. The van der Waals surface area contributed by atoms with Gasteiger partial charge in [0.1, 0.15) is 36.8 Å². The van der Waals surface area contributed by atoms with Gasteiger partial charge in [0.25, 0.3) is 0 Å². The van der Waals surface area contributed by atoms with E-state index < -0.39 is 0 Å². The van der Waals surface area contributed by atoms with Gasteiger partial charge in [-0.05, 0) is 24.6 Å². The second-order valence-electron chi connectivity index (χ2n) is 7.09. The van der Waals surface area contributed by atoms with Gasteiger partial charge in [0.05, 0.1) is 12.6 Å². The lowest BCUT2D eigenvalue weighted by atomic mass is 9.76. The van der Waals surface area contributed by atoms with Gasteiger partial charge in [0.2, 0.25) is 0 Å². The van der Waals surface area contributed by atoms with Gasteiger partial charge in [-0.2, -0.15) is 0 Å². The first-order valence-electron chi connectivity index (χ1n) is 8.79. The summed E-state index contributed by atoms with van der Waals surface area (Å²) < 4.78 is 17.7. The SMILES string of the molecule is CC1CN=C2N1c1ccccc1C21COc2cc3c(cc21)OCCO3. The number of nitrogens with zero attached hydrogens (tertiary/aromatic N) is 2. The molecule has 25 heavy (non-hydrogen) atoms. The zero-order valence-corrected chi connectivity index (χ0v) is 14.0. The zero-order valence-electron chi connectivity index (χ0n) is 14.0. The highest BCUT2D eigenvalue weighted by Gasteiger charge is 2.57. The molecular weight excluding hydrogens is 316 g/mol. The predicted octanol–water partition coefficient (Wildman–Crippen LogP) is 2.76. The molecule has 0 radical (unpaired) electrons. The number of aliphatic imine (C=N–C) groups is 1. The fraction of sp³-hybridized carbons (Fsp3) is 0.350. The summed E-state index contributed by atoms with van der Waals surface area (Å²) in [5.41, 5.74) is 3.32. The second-order valence-corrected chi connectivity index (χ2v) is 7.09. The third-order valence-electron chi connectivity index (χ3n) is 5.73. The van der Waals surface area contributed by atoms with E-state index >= 15 is 0 Å². The molecule has 2 atom stereocenters. The monoisotopic (exact) mass is 334 g/mol. The molecule has 0 aromatic heterocycles. The predicted molar refractivity (Wildman–Crippen MR) is 94.4 cm³/mol. The number of hydrogen-bond acceptors (Lipinski definition) is 5. The summed E-state index contributed by atoms with van der Waals surface area (Å²) in [6, 6.07) is 13.0. The van der Waals surface area contributed by atoms with Crippen molar-refractivity contribution in [3.8, 4) is 17.2 Å². The molecule has 0 saturated carbocycles. The van der Waals surface area contributed by atoms with Crippen LogP contribution in [0.4, 0.5) is 5.69 Å². The van der Waals surface area contributed by atoms with Gasteiger partial charge < -0.3 is 19.1 Å². The van der Waals surface area contributed by atoms with Crippen LogP contribution >= 0.6 is 0 Å². The number of ether oxygens (including phenoxy) is 3. The van der Waals surface area contributed by atoms with Crippen molar-refractivity contribution < 1.29 is 14.2 Å². The normalized spacial score (nSPS) is 27.6. The Kier molecular flexibility index (Phi) is 2.43. The number of anilines is 1. The van der Waals surface area contributed by atoms with E-state index in [0.29, 0.717) is 25.9 Å². The topological polar surface area (TPSA) is 43.3 Å². The van der Waals surface area contributed by atoms with E-state index in [-0.39, 0.29) is 5.41 Å². The molecule has 0 bridgehead atoms. The van der Waals surface area contributed by atoms with Crippen LogP contribution in [0.25, 0.3) is 0 Å². The van der Waals surface area contributed by atoms with E-state index in [9.17, 15) is 0 Å². The molecule has 0 N–H and O–H groups in total. The van der Waals surface area contributed by atoms with Crippen LogP contribution in [0, 0.1) is 0 Å². The number of rotatable bonds is 0. The van der Waals surface area contributed by atoms with E-state index in [1.54, 1.807) is 0 Å². The first-order valence-corrected chi connectivity index (χ1v) is 8.79. The molecule has 4 aliphatic rings. The molecule has 2 unspecified atom stereocenters. The summed E-state index contributed by atoms with van der Waals surface area (Å²) in [7, 11) is 0. The molecule has 4 aliphatic heterocycles. The molecule has 0 saturated heterocycles. The minimum absolute atomic E-state index is 0.341. The lowest BCUT2D eigenvalue weighted by molar-refractivity contribution is 0.171. The van der Waals surface area contributed by atoms with Crippen LogP contribution in [0.5, 0.6) is 17.2 Å². The minimum Gasteiger partial charge on any atom is -0.491 e. The highest BCUT2D eigenvalue weighted by molar-refractivity contribution is 6.16. The summed E-state index contributed by atoms with van der Waals surface area (Å²) in [4.78, 5) is 7.31. The molecule has 0 fully saturated rings. The van der Waals surface area contributed by atoms with Gasteiger partial charge >= 0.3 is 0 Å². The summed E-state index contributed by atoms with van der Waals surface area (Å²) in [5, 5.41) is 0. The highest BCUT2D eigenvalue weighted by Crippen LogP contribution is 2.56. The van der Waals surface area contributed by atoms with Crippen LogP contribution in [0.1, 0.15) is 18.1 Å². The molecule has 5 nitrogen and oxygen atoms in total. The fourth-order valence-electron chi connectivity index (χ4n) is 4.64. The summed E-state index contributed by atoms with van der Waals surface area (Å²) in [6.45, 7) is 4.79. The van der Waals surface area contributed by atoms with Crippen LogP contribution < -0.4 is 19.1 Å². The number of amidine groups is 1. The second kappa shape index (κ2) is 4.48. The number of fused-ring (bicyclic) bond motifs is 8. The quantitative estimate of drug-likeness (QED) is 0.743. The van der Waals surface area contributed by atoms with Crippen molar-refractivity contribution in [3.63, 3.8) is 0 Å². The molecule has 6 rings (SSSR count). The molecule has 4 heterocycles. The molecule has 1 spiro atoms. The number of benzene rings is 2. The van der Waals surface area contributed by atoms with Gasteiger partial charge in [0, 0.05) is 17.3 Å². The summed E-state index contributed by atoms with van der Waals surface area (Å²) in [6.07, 6.45) is 0. The standard InChI is InChI=1S/C20H18N2O3/c1-12-10-21-19-20(13-4-2-3-5-15(13)22(12)19)11-25-16-9-18-17(8-14(16)20)23-6-7-24-18/h2-5,8-9,12H,6-7,10-11H2,1H3. The van der Waals surface area contributed by atoms with E-state index in [1.807, 2.05) is 6.07 Å². The Morgan fingerprint density at radius 2 is 1.80 bits per heavy atom. The van der Waals surface area contributed by atoms with Gasteiger partial charge in [-0.3, -0.25) is 4.99 Å². The smallest absolute Gasteiger partial charge is 0.165 e. The van der Waals surface area contributed by atoms with Crippen molar-refractivity contribution in [1.29, 1.82) is 0 Å². The molecule has 0 amide bonds. The lowest BCUT2D eigenvalue weighted by Gasteiger charge is -2.26.